The molecule has 0 N–H and O–H groups in total. The minimum absolute atomic E-state index is 0.232. The molecule has 1 aliphatic heterocycles. The molecule has 7 heteroatoms. The summed E-state index contributed by atoms with van der Waals surface area (Å²) >= 11 is 2.77. The highest BCUT2D eigenvalue weighted by Gasteiger charge is 2.30. The van der Waals surface area contributed by atoms with E-state index in [1.165, 1.54) is 4.90 Å². The van der Waals surface area contributed by atoms with Crippen LogP contribution in [0, 0.1) is 21.7 Å². The van der Waals surface area contributed by atoms with Gasteiger partial charge in [-0.3, -0.25) is 10.1 Å². The molecule has 92 valence electrons. The maximum atomic E-state index is 13.8. The van der Waals surface area contributed by atoms with Crippen LogP contribution in [0.1, 0.15) is 12.8 Å². The van der Waals surface area contributed by atoms with Crippen molar-refractivity contribution >= 4 is 27.3 Å². The van der Waals surface area contributed by atoms with E-state index < -0.39 is 22.2 Å². The zero-order valence-corrected chi connectivity index (χ0v) is 10.3. The standard InChI is InChI=1S/C10H9BrF2N2O2/c11-6-5-7(15(16)17)10(9(13)8(6)12)14-3-1-2-4-14/h5H,1-4H2. The number of nitrogens with zero attached hydrogens (tertiary/aromatic N) is 2. The summed E-state index contributed by atoms with van der Waals surface area (Å²) in [6.45, 7) is 1.03. The average Bonchev–Trinajstić information content (AvgIpc) is 2.78. The van der Waals surface area contributed by atoms with E-state index in [2.05, 4.69) is 15.9 Å². The van der Waals surface area contributed by atoms with Gasteiger partial charge in [0, 0.05) is 19.2 Å². The van der Waals surface area contributed by atoms with Gasteiger partial charge in [-0.2, -0.15) is 0 Å². The summed E-state index contributed by atoms with van der Waals surface area (Å²) in [4.78, 5) is 11.7. The van der Waals surface area contributed by atoms with Crippen LogP contribution in [0.2, 0.25) is 0 Å². The highest BCUT2D eigenvalue weighted by molar-refractivity contribution is 9.10. The fourth-order valence-electron chi connectivity index (χ4n) is 1.95. The first-order valence-corrected chi connectivity index (χ1v) is 5.88. The summed E-state index contributed by atoms with van der Waals surface area (Å²) in [7, 11) is 0. The van der Waals surface area contributed by atoms with Crippen molar-refractivity contribution in [2.24, 2.45) is 0 Å². The van der Waals surface area contributed by atoms with Crippen molar-refractivity contribution in [3.8, 4) is 0 Å². The molecular formula is C10H9BrF2N2O2. The Morgan fingerprint density at radius 3 is 2.41 bits per heavy atom. The highest BCUT2D eigenvalue weighted by Crippen LogP contribution is 2.38. The van der Waals surface area contributed by atoms with E-state index >= 15 is 0 Å². The average molecular weight is 307 g/mol. The first-order valence-electron chi connectivity index (χ1n) is 5.09. The SMILES string of the molecule is O=[N+]([O-])c1cc(Br)c(F)c(F)c1N1CCCC1. The Labute approximate surface area is 104 Å². The smallest absolute Gasteiger partial charge is 0.296 e. The summed E-state index contributed by atoms with van der Waals surface area (Å²) in [5, 5.41) is 10.9. The van der Waals surface area contributed by atoms with Crippen LogP contribution in [0.3, 0.4) is 0 Å². The third-order valence-electron chi connectivity index (χ3n) is 2.74. The molecule has 2 rings (SSSR count). The van der Waals surface area contributed by atoms with Gasteiger partial charge in [0.15, 0.2) is 17.3 Å². The Hall–Kier alpha value is -1.24. The molecule has 1 aromatic rings. The molecule has 4 nitrogen and oxygen atoms in total. The van der Waals surface area contributed by atoms with Gasteiger partial charge in [-0.15, -0.1) is 0 Å². The molecular weight excluding hydrogens is 298 g/mol. The van der Waals surface area contributed by atoms with Gasteiger partial charge in [0.05, 0.1) is 9.40 Å². The zero-order chi connectivity index (χ0) is 12.6. The molecule has 0 saturated carbocycles. The van der Waals surface area contributed by atoms with Crippen LogP contribution in [-0.2, 0) is 0 Å². The molecule has 0 radical (unpaired) electrons. The molecule has 0 unspecified atom stereocenters. The van der Waals surface area contributed by atoms with E-state index in [-0.39, 0.29) is 10.2 Å². The second-order valence-electron chi connectivity index (χ2n) is 3.81. The molecule has 0 spiro atoms. The van der Waals surface area contributed by atoms with E-state index in [1.54, 1.807) is 0 Å². The molecule has 0 aromatic heterocycles. The van der Waals surface area contributed by atoms with Crippen molar-refractivity contribution in [2.45, 2.75) is 12.8 Å². The Morgan fingerprint density at radius 2 is 1.88 bits per heavy atom. The molecule has 1 saturated heterocycles. The monoisotopic (exact) mass is 306 g/mol. The molecule has 1 aromatic carbocycles. The maximum absolute atomic E-state index is 13.8. The number of nitro groups is 1. The minimum Gasteiger partial charge on any atom is -0.363 e. The maximum Gasteiger partial charge on any atom is 0.296 e. The fourth-order valence-corrected chi connectivity index (χ4v) is 2.34. The molecule has 17 heavy (non-hydrogen) atoms. The van der Waals surface area contributed by atoms with E-state index in [1.807, 2.05) is 0 Å². The Bertz CT molecular complexity index is 476. The molecule has 1 heterocycles. The van der Waals surface area contributed by atoms with Gasteiger partial charge in [0.2, 0.25) is 0 Å². The van der Waals surface area contributed by atoms with Gasteiger partial charge in [-0.1, -0.05) is 0 Å². The van der Waals surface area contributed by atoms with Crippen LogP contribution in [0.15, 0.2) is 10.5 Å². The van der Waals surface area contributed by atoms with Crippen molar-refractivity contribution in [1.29, 1.82) is 0 Å². The van der Waals surface area contributed by atoms with Gasteiger partial charge >= 0.3 is 0 Å². The molecule has 1 fully saturated rings. The highest BCUT2D eigenvalue weighted by atomic mass is 79.9. The summed E-state index contributed by atoms with van der Waals surface area (Å²) in [5.74, 6) is -2.24. The zero-order valence-electron chi connectivity index (χ0n) is 8.75. The largest absolute Gasteiger partial charge is 0.363 e. The van der Waals surface area contributed by atoms with Crippen molar-refractivity contribution in [3.05, 3.63) is 32.3 Å². The van der Waals surface area contributed by atoms with E-state index in [9.17, 15) is 18.9 Å². The number of benzene rings is 1. The number of anilines is 1. The van der Waals surface area contributed by atoms with Gasteiger partial charge in [-0.25, -0.2) is 8.78 Å². The number of hydrogen-bond acceptors (Lipinski definition) is 3. The van der Waals surface area contributed by atoms with E-state index in [0.29, 0.717) is 13.1 Å². The lowest BCUT2D eigenvalue weighted by Gasteiger charge is -2.18. The first kappa shape index (κ1) is 12.2. The third kappa shape index (κ3) is 2.11. The van der Waals surface area contributed by atoms with Gasteiger partial charge in [0.25, 0.3) is 5.69 Å². The number of hydrogen-bond donors (Lipinski definition) is 0. The normalized spacial score (nSPS) is 15.4. The van der Waals surface area contributed by atoms with Crippen LogP contribution in [-0.4, -0.2) is 18.0 Å². The molecule has 1 aliphatic rings. The van der Waals surface area contributed by atoms with Crippen molar-refractivity contribution in [3.63, 3.8) is 0 Å². The number of nitro benzene ring substituents is 1. The van der Waals surface area contributed by atoms with Crippen LogP contribution >= 0.6 is 15.9 Å². The van der Waals surface area contributed by atoms with Crippen LogP contribution in [0.4, 0.5) is 20.2 Å². The lowest BCUT2D eigenvalue weighted by molar-refractivity contribution is -0.384. The summed E-state index contributed by atoms with van der Waals surface area (Å²) in [5.41, 5.74) is -0.647. The van der Waals surface area contributed by atoms with E-state index in [0.717, 1.165) is 18.9 Å². The molecule has 0 atom stereocenters. The van der Waals surface area contributed by atoms with Gasteiger partial charge in [0.1, 0.15) is 0 Å². The lowest BCUT2D eigenvalue weighted by atomic mass is 10.2. The van der Waals surface area contributed by atoms with Crippen LogP contribution in [0.5, 0.6) is 0 Å². The molecule has 0 amide bonds. The second-order valence-corrected chi connectivity index (χ2v) is 4.66. The Kier molecular flexibility index (Phi) is 3.28. The van der Waals surface area contributed by atoms with Gasteiger partial charge in [-0.05, 0) is 28.8 Å². The van der Waals surface area contributed by atoms with Gasteiger partial charge < -0.3 is 4.90 Å². The summed E-state index contributed by atoms with van der Waals surface area (Å²) in [6, 6.07) is 1.01. The molecule has 0 aliphatic carbocycles. The predicted octanol–water partition coefficient (Wildman–Crippen LogP) is 3.24. The lowest BCUT2D eigenvalue weighted by Crippen LogP contribution is -2.21. The van der Waals surface area contributed by atoms with E-state index in [4.69, 9.17) is 0 Å². The topological polar surface area (TPSA) is 46.4 Å². The summed E-state index contributed by atoms with van der Waals surface area (Å²) < 4.78 is 27.0. The summed E-state index contributed by atoms with van der Waals surface area (Å²) in [6.07, 6.45) is 1.66. The Balaban J connectivity index is 2.61. The van der Waals surface area contributed by atoms with Crippen molar-refractivity contribution in [1.82, 2.24) is 0 Å². The van der Waals surface area contributed by atoms with Crippen molar-refractivity contribution < 1.29 is 13.7 Å². The minimum atomic E-state index is -1.16. The van der Waals surface area contributed by atoms with Crippen LogP contribution in [0.25, 0.3) is 0 Å². The van der Waals surface area contributed by atoms with Crippen LogP contribution < -0.4 is 4.90 Å². The van der Waals surface area contributed by atoms with Crippen molar-refractivity contribution in [2.75, 3.05) is 18.0 Å². The second kappa shape index (κ2) is 4.56. The predicted molar refractivity (Wildman–Crippen MR) is 62.2 cm³/mol. The first-order chi connectivity index (χ1) is 8.02. The number of halogens is 3. The quantitative estimate of drug-likeness (QED) is 0.479. The Morgan fingerprint density at radius 1 is 1.29 bits per heavy atom. The number of rotatable bonds is 2. The fraction of sp³-hybridized carbons (Fsp3) is 0.400. The molecule has 0 bridgehead atoms. The third-order valence-corrected chi connectivity index (χ3v) is 3.31.